The van der Waals surface area contributed by atoms with Crippen LogP contribution in [-0.2, 0) is 0 Å². The molecular formula is C15H19BrN4O. The molecule has 0 saturated carbocycles. The second-order valence-corrected chi connectivity index (χ2v) is 6.35. The minimum absolute atomic E-state index is 0.198. The van der Waals surface area contributed by atoms with Gasteiger partial charge in [-0.25, -0.2) is 0 Å². The molecule has 1 fully saturated rings. The zero-order valence-corrected chi connectivity index (χ0v) is 13.4. The van der Waals surface area contributed by atoms with Crippen LogP contribution < -0.4 is 5.73 Å². The third-order valence-corrected chi connectivity index (χ3v) is 4.30. The average molecular weight is 351 g/mol. The first-order valence-electron chi connectivity index (χ1n) is 7.30. The van der Waals surface area contributed by atoms with Crippen molar-refractivity contribution in [2.75, 3.05) is 19.6 Å². The van der Waals surface area contributed by atoms with E-state index in [0.717, 1.165) is 29.7 Å². The van der Waals surface area contributed by atoms with E-state index in [-0.39, 0.29) is 6.04 Å². The number of rotatable bonds is 4. The van der Waals surface area contributed by atoms with Gasteiger partial charge in [0.05, 0.1) is 6.04 Å². The molecular weight excluding hydrogens is 332 g/mol. The van der Waals surface area contributed by atoms with Gasteiger partial charge in [-0.1, -0.05) is 27.5 Å². The number of aromatic nitrogens is 2. The number of likely N-dealkylation sites (tertiary alicyclic amines) is 1. The van der Waals surface area contributed by atoms with Crippen molar-refractivity contribution in [2.45, 2.75) is 25.3 Å². The van der Waals surface area contributed by atoms with Crippen LogP contribution in [-0.4, -0.2) is 34.7 Å². The van der Waals surface area contributed by atoms with Gasteiger partial charge in [-0.2, -0.15) is 4.98 Å². The molecule has 21 heavy (non-hydrogen) atoms. The van der Waals surface area contributed by atoms with Crippen molar-refractivity contribution >= 4 is 15.9 Å². The Hall–Kier alpha value is -1.24. The van der Waals surface area contributed by atoms with Crippen LogP contribution in [0.15, 0.2) is 33.3 Å². The van der Waals surface area contributed by atoms with Gasteiger partial charge in [0.25, 0.3) is 5.89 Å². The predicted molar refractivity (Wildman–Crippen MR) is 84.7 cm³/mol. The molecule has 1 aliphatic heterocycles. The molecule has 0 bridgehead atoms. The fraction of sp³-hybridized carbons (Fsp3) is 0.467. The number of hydrogen-bond donors (Lipinski definition) is 1. The normalized spacial score (nSPS) is 17.8. The molecule has 2 aromatic rings. The highest BCUT2D eigenvalue weighted by molar-refractivity contribution is 9.10. The molecule has 1 unspecified atom stereocenters. The maximum Gasteiger partial charge on any atom is 0.257 e. The van der Waals surface area contributed by atoms with Gasteiger partial charge in [0.2, 0.25) is 0 Å². The minimum atomic E-state index is -0.198. The van der Waals surface area contributed by atoms with Crippen LogP contribution in [0.1, 0.15) is 31.1 Å². The third kappa shape index (κ3) is 3.70. The summed E-state index contributed by atoms with van der Waals surface area (Å²) in [5.41, 5.74) is 7.11. The number of piperidine rings is 1. The predicted octanol–water partition coefficient (Wildman–Crippen LogP) is 2.98. The van der Waals surface area contributed by atoms with Crippen LogP contribution >= 0.6 is 15.9 Å². The fourth-order valence-corrected chi connectivity index (χ4v) is 2.86. The van der Waals surface area contributed by atoms with Gasteiger partial charge in [-0.15, -0.1) is 0 Å². The number of nitrogens with zero attached hydrogens (tertiary/aromatic N) is 3. The Bertz CT molecular complexity index is 578. The SMILES string of the molecule is NC(CN1CCCCC1)c1noc(-c2ccc(Br)cc2)n1. The summed E-state index contributed by atoms with van der Waals surface area (Å²) in [5, 5.41) is 4.03. The Morgan fingerprint density at radius 3 is 2.62 bits per heavy atom. The molecule has 2 heterocycles. The van der Waals surface area contributed by atoms with Crippen LogP contribution in [0.5, 0.6) is 0 Å². The molecule has 1 atom stereocenters. The molecule has 3 rings (SSSR count). The van der Waals surface area contributed by atoms with Crippen molar-refractivity contribution in [3.63, 3.8) is 0 Å². The fourth-order valence-electron chi connectivity index (χ4n) is 2.60. The van der Waals surface area contributed by atoms with Gasteiger partial charge in [0.1, 0.15) is 0 Å². The lowest BCUT2D eigenvalue weighted by atomic mass is 10.1. The van der Waals surface area contributed by atoms with Gasteiger partial charge in [0, 0.05) is 16.6 Å². The van der Waals surface area contributed by atoms with Crippen molar-refractivity contribution in [1.82, 2.24) is 15.0 Å². The van der Waals surface area contributed by atoms with E-state index in [1.807, 2.05) is 24.3 Å². The zero-order valence-electron chi connectivity index (χ0n) is 11.8. The number of benzene rings is 1. The van der Waals surface area contributed by atoms with E-state index < -0.39 is 0 Å². The molecule has 0 aliphatic carbocycles. The van der Waals surface area contributed by atoms with Crippen molar-refractivity contribution in [3.05, 3.63) is 34.6 Å². The van der Waals surface area contributed by atoms with Gasteiger partial charge in [0.15, 0.2) is 5.82 Å². The van der Waals surface area contributed by atoms with Gasteiger partial charge >= 0.3 is 0 Å². The largest absolute Gasteiger partial charge is 0.334 e. The summed E-state index contributed by atoms with van der Waals surface area (Å²) < 4.78 is 6.35. The molecule has 0 spiro atoms. The highest BCUT2D eigenvalue weighted by atomic mass is 79.9. The van der Waals surface area contributed by atoms with E-state index in [1.165, 1.54) is 19.3 Å². The number of nitrogens with two attached hydrogens (primary N) is 1. The van der Waals surface area contributed by atoms with E-state index in [2.05, 4.69) is 31.0 Å². The lowest BCUT2D eigenvalue weighted by Crippen LogP contribution is -2.36. The molecule has 0 amide bonds. The Morgan fingerprint density at radius 1 is 1.19 bits per heavy atom. The Balaban J connectivity index is 1.67. The van der Waals surface area contributed by atoms with Crippen LogP contribution in [0, 0.1) is 0 Å². The first-order chi connectivity index (χ1) is 10.2. The average Bonchev–Trinajstić information content (AvgIpc) is 2.99. The third-order valence-electron chi connectivity index (χ3n) is 3.77. The molecule has 2 N–H and O–H groups in total. The highest BCUT2D eigenvalue weighted by Gasteiger charge is 2.19. The van der Waals surface area contributed by atoms with Crippen LogP contribution in [0.4, 0.5) is 0 Å². The van der Waals surface area contributed by atoms with Crippen molar-refractivity contribution in [1.29, 1.82) is 0 Å². The quantitative estimate of drug-likeness (QED) is 0.917. The Kier molecular flexibility index (Phi) is 4.67. The molecule has 1 saturated heterocycles. The summed E-state index contributed by atoms with van der Waals surface area (Å²) in [7, 11) is 0. The second-order valence-electron chi connectivity index (χ2n) is 5.43. The minimum Gasteiger partial charge on any atom is -0.334 e. The topological polar surface area (TPSA) is 68.2 Å². The Morgan fingerprint density at radius 2 is 1.90 bits per heavy atom. The monoisotopic (exact) mass is 350 g/mol. The van der Waals surface area contributed by atoms with Crippen molar-refractivity contribution < 1.29 is 4.52 Å². The molecule has 112 valence electrons. The lowest BCUT2D eigenvalue weighted by Gasteiger charge is -2.27. The van der Waals surface area contributed by atoms with Crippen molar-refractivity contribution in [3.8, 4) is 11.5 Å². The van der Waals surface area contributed by atoms with Crippen LogP contribution in [0.3, 0.4) is 0 Å². The molecule has 1 aliphatic rings. The highest BCUT2D eigenvalue weighted by Crippen LogP contribution is 2.21. The second kappa shape index (κ2) is 6.68. The number of halogens is 1. The maximum atomic E-state index is 6.21. The van der Waals surface area contributed by atoms with Gasteiger partial charge in [-0.3, -0.25) is 0 Å². The standard InChI is InChI=1S/C15H19BrN4O/c16-12-6-4-11(5-7-12)15-18-14(19-21-15)13(17)10-20-8-2-1-3-9-20/h4-7,13H,1-3,8-10,17H2. The lowest BCUT2D eigenvalue weighted by molar-refractivity contribution is 0.213. The molecule has 1 aromatic carbocycles. The van der Waals surface area contributed by atoms with Crippen LogP contribution in [0.2, 0.25) is 0 Å². The summed E-state index contributed by atoms with van der Waals surface area (Å²) in [4.78, 5) is 6.81. The van der Waals surface area contributed by atoms with E-state index >= 15 is 0 Å². The summed E-state index contributed by atoms with van der Waals surface area (Å²) in [6.07, 6.45) is 3.83. The zero-order chi connectivity index (χ0) is 14.7. The van der Waals surface area contributed by atoms with Crippen molar-refractivity contribution in [2.24, 2.45) is 5.73 Å². The smallest absolute Gasteiger partial charge is 0.257 e. The first kappa shape index (κ1) is 14.7. The van der Waals surface area contributed by atoms with E-state index in [0.29, 0.717) is 11.7 Å². The molecule has 6 heteroatoms. The van der Waals surface area contributed by atoms with E-state index in [1.54, 1.807) is 0 Å². The van der Waals surface area contributed by atoms with E-state index in [9.17, 15) is 0 Å². The molecule has 0 radical (unpaired) electrons. The number of hydrogen-bond acceptors (Lipinski definition) is 5. The summed E-state index contributed by atoms with van der Waals surface area (Å²) in [6, 6.07) is 7.59. The molecule has 5 nitrogen and oxygen atoms in total. The van der Waals surface area contributed by atoms with E-state index in [4.69, 9.17) is 10.3 Å². The summed E-state index contributed by atoms with van der Waals surface area (Å²) in [5.74, 6) is 1.10. The van der Waals surface area contributed by atoms with Crippen LogP contribution in [0.25, 0.3) is 11.5 Å². The van der Waals surface area contributed by atoms with Gasteiger partial charge < -0.3 is 15.2 Å². The Labute approximate surface area is 132 Å². The summed E-state index contributed by atoms with van der Waals surface area (Å²) >= 11 is 3.41. The maximum absolute atomic E-state index is 6.21. The first-order valence-corrected chi connectivity index (χ1v) is 8.09. The summed E-state index contributed by atoms with van der Waals surface area (Å²) in [6.45, 7) is 3.02. The van der Waals surface area contributed by atoms with Gasteiger partial charge in [-0.05, 0) is 50.2 Å². The molecule has 1 aromatic heterocycles.